The number of nitrogens with zero attached hydrogens (tertiary/aromatic N) is 4. The van der Waals surface area contributed by atoms with Crippen LogP contribution in [0.25, 0.3) is 0 Å². The Morgan fingerprint density at radius 3 is 2.81 bits per heavy atom. The van der Waals surface area contributed by atoms with Gasteiger partial charge < -0.3 is 24.8 Å². The zero-order valence-corrected chi connectivity index (χ0v) is 17.9. The standard InChI is InChI=1S/C17H29N5O3.HI/c1-18-16(19-12-17(13-23)3-6-24-7-4-17)22-5-8-25-15(11-22)14-9-20-21(2)10-14;/h9-10,15,23H,3-8,11-13H2,1-2H3,(H,18,19);1H. The van der Waals surface area contributed by atoms with Crippen molar-refractivity contribution < 1.29 is 14.6 Å². The zero-order chi connectivity index (χ0) is 17.7. The molecule has 9 heteroatoms. The zero-order valence-electron chi connectivity index (χ0n) is 15.6. The largest absolute Gasteiger partial charge is 0.396 e. The molecule has 0 bridgehead atoms. The number of halogens is 1. The Morgan fingerprint density at radius 2 is 2.19 bits per heavy atom. The van der Waals surface area contributed by atoms with E-state index in [9.17, 15) is 5.11 Å². The lowest BCUT2D eigenvalue weighted by Gasteiger charge is -2.39. The Bertz CT molecular complexity index is 589. The normalized spacial score (nSPS) is 23.4. The molecular formula is C17H30IN5O3. The second-order valence-electron chi connectivity index (χ2n) is 6.92. The second kappa shape index (κ2) is 9.86. The van der Waals surface area contributed by atoms with Crippen LogP contribution in [-0.2, 0) is 16.5 Å². The molecule has 2 aliphatic rings. The second-order valence-corrected chi connectivity index (χ2v) is 6.92. The molecule has 0 aliphatic carbocycles. The fraction of sp³-hybridized carbons (Fsp3) is 0.765. The van der Waals surface area contributed by atoms with Gasteiger partial charge in [0.05, 0.1) is 26.0 Å². The molecule has 148 valence electrons. The van der Waals surface area contributed by atoms with Gasteiger partial charge in [0.15, 0.2) is 5.96 Å². The van der Waals surface area contributed by atoms with Crippen molar-refractivity contribution in [1.29, 1.82) is 0 Å². The number of aliphatic imine (C=N–C) groups is 1. The van der Waals surface area contributed by atoms with E-state index in [1.165, 1.54) is 0 Å². The van der Waals surface area contributed by atoms with E-state index < -0.39 is 0 Å². The highest BCUT2D eigenvalue weighted by molar-refractivity contribution is 14.0. The smallest absolute Gasteiger partial charge is 0.193 e. The van der Waals surface area contributed by atoms with Crippen molar-refractivity contribution in [1.82, 2.24) is 20.0 Å². The molecule has 1 aromatic heterocycles. The molecule has 0 saturated carbocycles. The Hall–Kier alpha value is -0.910. The number of nitrogens with one attached hydrogen (secondary N) is 1. The van der Waals surface area contributed by atoms with Crippen molar-refractivity contribution in [3.05, 3.63) is 18.0 Å². The fourth-order valence-electron chi connectivity index (χ4n) is 3.44. The van der Waals surface area contributed by atoms with Crippen LogP contribution < -0.4 is 5.32 Å². The van der Waals surface area contributed by atoms with Crippen molar-refractivity contribution in [2.45, 2.75) is 18.9 Å². The van der Waals surface area contributed by atoms with Gasteiger partial charge in [0.1, 0.15) is 6.10 Å². The predicted molar refractivity (Wildman–Crippen MR) is 110 cm³/mol. The van der Waals surface area contributed by atoms with Crippen LogP contribution in [0.5, 0.6) is 0 Å². The van der Waals surface area contributed by atoms with Gasteiger partial charge in [0.25, 0.3) is 0 Å². The summed E-state index contributed by atoms with van der Waals surface area (Å²) in [6.07, 6.45) is 5.58. The van der Waals surface area contributed by atoms with E-state index in [-0.39, 0.29) is 42.1 Å². The molecule has 3 rings (SSSR count). The van der Waals surface area contributed by atoms with E-state index in [0.29, 0.717) is 26.4 Å². The molecule has 1 unspecified atom stereocenters. The molecule has 2 saturated heterocycles. The van der Waals surface area contributed by atoms with E-state index in [1.54, 1.807) is 11.7 Å². The number of aromatic nitrogens is 2. The first-order valence-electron chi connectivity index (χ1n) is 8.90. The monoisotopic (exact) mass is 479 g/mol. The van der Waals surface area contributed by atoms with Crippen molar-refractivity contribution in [3.63, 3.8) is 0 Å². The third-order valence-electron chi connectivity index (χ3n) is 5.18. The van der Waals surface area contributed by atoms with Crippen LogP contribution in [0.3, 0.4) is 0 Å². The highest BCUT2D eigenvalue weighted by atomic mass is 127. The maximum Gasteiger partial charge on any atom is 0.193 e. The number of rotatable bonds is 4. The quantitative estimate of drug-likeness (QED) is 0.377. The van der Waals surface area contributed by atoms with E-state index in [0.717, 1.165) is 37.5 Å². The Morgan fingerprint density at radius 1 is 1.42 bits per heavy atom. The molecule has 2 fully saturated rings. The molecule has 0 aromatic carbocycles. The lowest BCUT2D eigenvalue weighted by atomic mass is 9.81. The summed E-state index contributed by atoms with van der Waals surface area (Å²) < 4.78 is 13.1. The van der Waals surface area contributed by atoms with Crippen molar-refractivity contribution >= 4 is 29.9 Å². The summed E-state index contributed by atoms with van der Waals surface area (Å²) >= 11 is 0. The first-order chi connectivity index (χ1) is 12.2. The molecule has 0 amide bonds. The number of hydrogen-bond donors (Lipinski definition) is 2. The van der Waals surface area contributed by atoms with Crippen LogP contribution in [-0.4, -0.2) is 78.9 Å². The summed E-state index contributed by atoms with van der Waals surface area (Å²) in [6, 6.07) is 0. The van der Waals surface area contributed by atoms with E-state index in [4.69, 9.17) is 9.47 Å². The van der Waals surface area contributed by atoms with Gasteiger partial charge in [-0.3, -0.25) is 9.67 Å². The van der Waals surface area contributed by atoms with Gasteiger partial charge in [0, 0.05) is 57.6 Å². The number of aryl methyl sites for hydroxylation is 1. The van der Waals surface area contributed by atoms with Gasteiger partial charge >= 0.3 is 0 Å². The number of hydrogen-bond acceptors (Lipinski definition) is 5. The van der Waals surface area contributed by atoms with Gasteiger partial charge in [0.2, 0.25) is 0 Å². The third kappa shape index (κ3) is 5.08. The maximum absolute atomic E-state index is 9.85. The third-order valence-corrected chi connectivity index (χ3v) is 5.18. The van der Waals surface area contributed by atoms with Crippen LogP contribution in [0.15, 0.2) is 17.4 Å². The van der Waals surface area contributed by atoms with E-state index in [2.05, 4.69) is 20.3 Å². The van der Waals surface area contributed by atoms with E-state index in [1.807, 2.05) is 19.4 Å². The molecule has 8 nitrogen and oxygen atoms in total. The maximum atomic E-state index is 9.85. The molecule has 2 N–H and O–H groups in total. The van der Waals surface area contributed by atoms with Gasteiger partial charge in [-0.1, -0.05) is 0 Å². The highest BCUT2D eigenvalue weighted by Gasteiger charge is 2.33. The Labute approximate surface area is 172 Å². The SMILES string of the molecule is CN=C(NCC1(CO)CCOCC1)N1CCOC(c2cnn(C)c2)C1.I. The highest BCUT2D eigenvalue weighted by Crippen LogP contribution is 2.29. The summed E-state index contributed by atoms with van der Waals surface area (Å²) in [4.78, 5) is 6.65. The lowest BCUT2D eigenvalue weighted by molar-refractivity contribution is -0.0170. The summed E-state index contributed by atoms with van der Waals surface area (Å²) in [6.45, 7) is 4.48. The van der Waals surface area contributed by atoms with Crippen molar-refractivity contribution in [2.24, 2.45) is 17.5 Å². The van der Waals surface area contributed by atoms with Gasteiger partial charge in [-0.05, 0) is 12.8 Å². The minimum absolute atomic E-state index is 0. The Kier molecular flexibility index (Phi) is 8.11. The van der Waals surface area contributed by atoms with E-state index >= 15 is 0 Å². The average Bonchev–Trinajstić information content (AvgIpc) is 3.10. The first-order valence-corrected chi connectivity index (χ1v) is 8.90. The van der Waals surface area contributed by atoms with Gasteiger partial charge in [-0.2, -0.15) is 5.10 Å². The molecule has 0 radical (unpaired) electrons. The fourth-order valence-corrected chi connectivity index (χ4v) is 3.44. The van der Waals surface area contributed by atoms with Crippen molar-refractivity contribution in [3.8, 4) is 0 Å². The van der Waals surface area contributed by atoms with Gasteiger partial charge in [-0.25, -0.2) is 0 Å². The van der Waals surface area contributed by atoms with Crippen molar-refractivity contribution in [2.75, 3.05) is 53.1 Å². The molecule has 3 heterocycles. The Balaban J connectivity index is 0.00000243. The summed E-state index contributed by atoms with van der Waals surface area (Å²) in [7, 11) is 3.71. The minimum Gasteiger partial charge on any atom is -0.396 e. The number of morpholine rings is 1. The average molecular weight is 479 g/mol. The topological polar surface area (TPSA) is 84.1 Å². The predicted octanol–water partition coefficient (Wildman–Crippen LogP) is 0.776. The lowest BCUT2D eigenvalue weighted by Crippen LogP contribution is -2.52. The molecule has 1 atom stereocenters. The molecule has 0 spiro atoms. The summed E-state index contributed by atoms with van der Waals surface area (Å²) in [5.74, 6) is 0.858. The molecular weight excluding hydrogens is 449 g/mol. The van der Waals surface area contributed by atoms with Crippen LogP contribution in [0.4, 0.5) is 0 Å². The summed E-state index contributed by atoms with van der Waals surface area (Å²) in [5.41, 5.74) is 0.961. The van der Waals surface area contributed by atoms with Crippen LogP contribution >= 0.6 is 24.0 Å². The van der Waals surface area contributed by atoms with Gasteiger partial charge in [-0.15, -0.1) is 24.0 Å². The van der Waals surface area contributed by atoms with Crippen LogP contribution in [0.1, 0.15) is 24.5 Å². The molecule has 26 heavy (non-hydrogen) atoms. The van der Waals surface area contributed by atoms with Crippen LogP contribution in [0, 0.1) is 5.41 Å². The summed E-state index contributed by atoms with van der Waals surface area (Å²) in [5, 5.41) is 17.5. The number of aliphatic hydroxyl groups excluding tert-OH is 1. The minimum atomic E-state index is -0.122. The molecule has 1 aromatic rings. The number of guanidine groups is 1. The molecule has 2 aliphatic heterocycles. The first kappa shape index (κ1) is 21.4. The number of aliphatic hydroxyl groups is 1. The number of ether oxygens (including phenoxy) is 2. The van der Waals surface area contributed by atoms with Crippen LogP contribution in [0.2, 0.25) is 0 Å².